The molecule has 0 unspecified atom stereocenters. The summed E-state index contributed by atoms with van der Waals surface area (Å²) in [5.41, 5.74) is 1.05. The Balaban J connectivity index is 2.23. The van der Waals surface area contributed by atoms with Crippen LogP contribution < -0.4 is 5.32 Å². The van der Waals surface area contributed by atoms with Crippen LogP contribution in [0.25, 0.3) is 0 Å². The molecule has 0 aliphatic carbocycles. The van der Waals surface area contributed by atoms with Crippen LogP contribution in [0.1, 0.15) is 13.8 Å². The molecule has 0 amide bonds. The van der Waals surface area contributed by atoms with Gasteiger partial charge < -0.3 is 5.32 Å². The van der Waals surface area contributed by atoms with Crippen molar-refractivity contribution in [2.45, 2.75) is 13.8 Å². The summed E-state index contributed by atoms with van der Waals surface area (Å²) >= 11 is 0. The molecule has 0 bridgehead atoms. The lowest BCUT2D eigenvalue weighted by atomic mass is 10.3. The predicted molar refractivity (Wildman–Crippen MR) is 66.4 cm³/mol. The quantitative estimate of drug-likeness (QED) is 0.558. The van der Waals surface area contributed by atoms with Crippen molar-refractivity contribution >= 4 is 6.21 Å². The number of nitrogens with one attached hydrogen (secondary N) is 1. The molecule has 1 saturated heterocycles. The van der Waals surface area contributed by atoms with Crippen LogP contribution in [-0.4, -0.2) is 43.8 Å². The summed E-state index contributed by atoms with van der Waals surface area (Å²) in [7, 11) is 0. The smallest absolute Gasteiger partial charge is 0.0368 e. The van der Waals surface area contributed by atoms with E-state index in [0.29, 0.717) is 0 Å². The summed E-state index contributed by atoms with van der Waals surface area (Å²) in [6, 6.07) is 0. The van der Waals surface area contributed by atoms with Gasteiger partial charge in [0.1, 0.15) is 0 Å². The Bertz CT molecular complexity index is 248. The summed E-state index contributed by atoms with van der Waals surface area (Å²) < 4.78 is 0. The first kappa shape index (κ1) is 12.1. The van der Waals surface area contributed by atoms with E-state index in [-0.39, 0.29) is 0 Å². The van der Waals surface area contributed by atoms with Crippen molar-refractivity contribution in [3.63, 3.8) is 0 Å². The molecule has 3 nitrogen and oxygen atoms in total. The average Bonchev–Trinajstić information content (AvgIpc) is 2.26. The number of rotatable bonds is 4. The van der Waals surface area contributed by atoms with Gasteiger partial charge in [0, 0.05) is 44.6 Å². The molecule has 0 radical (unpaired) electrons. The largest absolute Gasteiger partial charge is 0.314 e. The molecule has 0 spiro atoms. The molecule has 1 aliphatic rings. The number of hydrogen-bond acceptors (Lipinski definition) is 3. The zero-order valence-electron chi connectivity index (χ0n) is 9.74. The molecule has 3 heteroatoms. The summed E-state index contributed by atoms with van der Waals surface area (Å²) in [5, 5.41) is 3.34. The van der Waals surface area contributed by atoms with E-state index in [0.717, 1.165) is 38.4 Å². The Morgan fingerprint density at radius 2 is 2.13 bits per heavy atom. The third kappa shape index (κ3) is 5.50. The summed E-state index contributed by atoms with van der Waals surface area (Å²) in [5.74, 6) is 0. The highest BCUT2D eigenvalue weighted by molar-refractivity contribution is 5.55. The van der Waals surface area contributed by atoms with Gasteiger partial charge in [-0.1, -0.05) is 12.2 Å². The van der Waals surface area contributed by atoms with Gasteiger partial charge in [-0.05, 0) is 19.9 Å². The molecule has 1 heterocycles. The maximum absolute atomic E-state index is 4.17. The zero-order valence-corrected chi connectivity index (χ0v) is 9.74. The van der Waals surface area contributed by atoms with Gasteiger partial charge in [-0.3, -0.25) is 9.89 Å². The minimum absolute atomic E-state index is 1.04. The van der Waals surface area contributed by atoms with E-state index in [9.17, 15) is 0 Å². The minimum Gasteiger partial charge on any atom is -0.314 e. The van der Waals surface area contributed by atoms with Gasteiger partial charge in [0.2, 0.25) is 0 Å². The predicted octanol–water partition coefficient (Wildman–Crippen LogP) is 1.44. The topological polar surface area (TPSA) is 27.6 Å². The van der Waals surface area contributed by atoms with Gasteiger partial charge in [-0.15, -0.1) is 0 Å². The molecule has 1 aliphatic heterocycles. The summed E-state index contributed by atoms with van der Waals surface area (Å²) in [6.45, 7) is 9.52. The molecule has 1 N–H and O–H groups in total. The third-order valence-corrected chi connectivity index (χ3v) is 2.38. The summed E-state index contributed by atoms with van der Waals surface area (Å²) in [6.07, 6.45) is 8.14. The normalized spacial score (nSPS) is 20.5. The first-order valence-corrected chi connectivity index (χ1v) is 5.58. The van der Waals surface area contributed by atoms with Crippen LogP contribution in [0.2, 0.25) is 0 Å². The van der Waals surface area contributed by atoms with Crippen molar-refractivity contribution in [3.05, 3.63) is 23.9 Å². The average molecular weight is 207 g/mol. The van der Waals surface area contributed by atoms with Gasteiger partial charge in [-0.25, -0.2) is 0 Å². The fourth-order valence-corrected chi connectivity index (χ4v) is 1.56. The molecule has 0 aromatic carbocycles. The Labute approximate surface area is 92.6 Å². The minimum atomic E-state index is 1.04. The van der Waals surface area contributed by atoms with E-state index in [1.54, 1.807) is 0 Å². The van der Waals surface area contributed by atoms with E-state index >= 15 is 0 Å². The first-order chi connectivity index (χ1) is 7.33. The molecule has 0 atom stereocenters. The van der Waals surface area contributed by atoms with Crippen LogP contribution in [0.5, 0.6) is 0 Å². The Hall–Kier alpha value is -0.930. The molecule has 0 aromatic heterocycles. The molecular weight excluding hydrogens is 186 g/mol. The van der Waals surface area contributed by atoms with E-state index in [2.05, 4.69) is 27.4 Å². The molecule has 84 valence electrons. The molecule has 0 aromatic rings. The van der Waals surface area contributed by atoms with Crippen molar-refractivity contribution < 1.29 is 0 Å². The van der Waals surface area contributed by atoms with Crippen LogP contribution in [-0.2, 0) is 0 Å². The number of aliphatic imine (C=N–C) groups is 1. The lowest BCUT2D eigenvalue weighted by Gasteiger charge is -2.25. The molecule has 15 heavy (non-hydrogen) atoms. The third-order valence-electron chi connectivity index (χ3n) is 2.38. The number of piperazine rings is 1. The molecular formula is C12H21N3. The number of nitrogens with zero attached hydrogens (tertiary/aromatic N) is 2. The Morgan fingerprint density at radius 1 is 1.40 bits per heavy atom. The van der Waals surface area contributed by atoms with Gasteiger partial charge >= 0.3 is 0 Å². The van der Waals surface area contributed by atoms with Gasteiger partial charge in [0.15, 0.2) is 0 Å². The monoisotopic (exact) mass is 207 g/mol. The second-order valence-electron chi connectivity index (χ2n) is 3.67. The van der Waals surface area contributed by atoms with Crippen molar-refractivity contribution in [2.75, 3.05) is 32.7 Å². The van der Waals surface area contributed by atoms with Gasteiger partial charge in [0.05, 0.1) is 0 Å². The Morgan fingerprint density at radius 3 is 2.80 bits per heavy atom. The molecule has 0 saturated carbocycles. The molecule has 1 rings (SSSR count). The molecule has 1 fully saturated rings. The standard InChI is InChI=1S/C12H21N3/c1-3-14-12(2)6-4-5-9-15-10-7-13-8-11-15/h3-6,13H,7-11H2,1-2H3/b5-4+,12-6-,14-3?. The van der Waals surface area contributed by atoms with Crippen molar-refractivity contribution in [1.29, 1.82) is 0 Å². The highest BCUT2D eigenvalue weighted by Crippen LogP contribution is 1.95. The van der Waals surface area contributed by atoms with Crippen LogP contribution >= 0.6 is 0 Å². The fraction of sp³-hybridized carbons (Fsp3) is 0.583. The first-order valence-electron chi connectivity index (χ1n) is 5.58. The number of allylic oxidation sites excluding steroid dienone is 3. The van der Waals surface area contributed by atoms with Crippen LogP contribution in [0.15, 0.2) is 28.9 Å². The van der Waals surface area contributed by atoms with Crippen LogP contribution in [0.3, 0.4) is 0 Å². The van der Waals surface area contributed by atoms with Crippen molar-refractivity contribution in [3.8, 4) is 0 Å². The van der Waals surface area contributed by atoms with E-state index in [1.165, 1.54) is 0 Å². The Kier molecular flexibility index (Phi) is 5.97. The lowest BCUT2D eigenvalue weighted by molar-refractivity contribution is 0.265. The van der Waals surface area contributed by atoms with Gasteiger partial charge in [-0.2, -0.15) is 0 Å². The SMILES string of the molecule is CC=N/C(C)=C\C=C\CN1CCNCC1. The second kappa shape index (κ2) is 7.37. The second-order valence-corrected chi connectivity index (χ2v) is 3.67. The maximum atomic E-state index is 4.17. The summed E-state index contributed by atoms with van der Waals surface area (Å²) in [4.78, 5) is 6.61. The van der Waals surface area contributed by atoms with Crippen LogP contribution in [0.4, 0.5) is 0 Å². The van der Waals surface area contributed by atoms with Crippen molar-refractivity contribution in [1.82, 2.24) is 10.2 Å². The van der Waals surface area contributed by atoms with E-state index in [4.69, 9.17) is 0 Å². The maximum Gasteiger partial charge on any atom is 0.0368 e. The fourth-order valence-electron chi connectivity index (χ4n) is 1.56. The highest BCUT2D eigenvalue weighted by Gasteiger charge is 2.05. The van der Waals surface area contributed by atoms with Crippen molar-refractivity contribution in [2.24, 2.45) is 4.99 Å². The highest BCUT2D eigenvalue weighted by atomic mass is 15.2. The van der Waals surface area contributed by atoms with E-state index in [1.807, 2.05) is 26.1 Å². The van der Waals surface area contributed by atoms with Gasteiger partial charge in [0.25, 0.3) is 0 Å². The van der Waals surface area contributed by atoms with Crippen LogP contribution in [0, 0.1) is 0 Å². The van der Waals surface area contributed by atoms with E-state index < -0.39 is 0 Å². The number of hydrogen-bond donors (Lipinski definition) is 1. The lowest BCUT2D eigenvalue weighted by Crippen LogP contribution is -2.43. The zero-order chi connectivity index (χ0) is 10.9.